The third-order valence-electron chi connectivity index (χ3n) is 3.10. The first-order valence-electron chi connectivity index (χ1n) is 5.62. The van der Waals surface area contributed by atoms with Crippen LogP contribution in [0.3, 0.4) is 0 Å². The van der Waals surface area contributed by atoms with E-state index < -0.39 is 6.16 Å². The molecular formula is C11H13NO5S. The number of carbonyl (C=O) groups excluding carboxylic acids is 1. The molecule has 7 heteroatoms. The molecule has 98 valence electrons. The van der Waals surface area contributed by atoms with E-state index in [1.807, 2.05) is 17.5 Å². The van der Waals surface area contributed by atoms with Crippen molar-refractivity contribution >= 4 is 17.5 Å². The Bertz CT molecular complexity index is 423. The summed E-state index contributed by atoms with van der Waals surface area (Å²) in [6, 6.07) is 3.87. The van der Waals surface area contributed by atoms with Gasteiger partial charge in [-0.2, -0.15) is 0 Å². The van der Waals surface area contributed by atoms with Crippen molar-refractivity contribution in [3.05, 3.63) is 22.4 Å². The maximum Gasteiger partial charge on any atom is 0.529 e. The van der Waals surface area contributed by atoms with E-state index in [2.05, 4.69) is 4.74 Å². The molecule has 0 radical (unpaired) electrons. The van der Waals surface area contributed by atoms with Crippen molar-refractivity contribution in [3.8, 4) is 0 Å². The molecule has 2 saturated heterocycles. The fourth-order valence-electron chi connectivity index (χ4n) is 2.26. The maximum atomic E-state index is 11.1. The van der Waals surface area contributed by atoms with Crippen molar-refractivity contribution in [2.45, 2.75) is 12.1 Å². The van der Waals surface area contributed by atoms with Gasteiger partial charge in [-0.3, -0.25) is 4.84 Å². The molecule has 0 bridgehead atoms. The molecule has 0 aliphatic carbocycles. The molecule has 0 saturated carbocycles. The zero-order valence-electron chi connectivity index (χ0n) is 9.78. The van der Waals surface area contributed by atoms with Crippen molar-refractivity contribution in [3.63, 3.8) is 0 Å². The average molecular weight is 271 g/mol. The minimum Gasteiger partial charge on any atom is -0.436 e. The standard InChI is InChI=1S/C11H13NO5S/c1-14-11(13)17-12-9-7(6-16-12)5-15-10(9)8-3-2-4-18-8/h2-4,7,9-10H,5-6H2,1H3/t7-,9+,10-/m0/s1. The highest BCUT2D eigenvalue weighted by Crippen LogP contribution is 2.42. The zero-order valence-corrected chi connectivity index (χ0v) is 10.6. The minimum absolute atomic E-state index is 0.109. The fraction of sp³-hybridized carbons (Fsp3) is 0.545. The first kappa shape index (κ1) is 11.9. The average Bonchev–Trinajstić information content (AvgIpc) is 3.05. The first-order chi connectivity index (χ1) is 8.79. The lowest BCUT2D eigenvalue weighted by atomic mass is 10.0. The normalized spacial score (nSPS) is 31.3. The van der Waals surface area contributed by atoms with Crippen LogP contribution < -0.4 is 0 Å². The highest BCUT2D eigenvalue weighted by molar-refractivity contribution is 7.10. The molecule has 6 nitrogen and oxygen atoms in total. The van der Waals surface area contributed by atoms with Crippen LogP contribution in [0, 0.1) is 5.92 Å². The van der Waals surface area contributed by atoms with Crippen LogP contribution in [0.25, 0.3) is 0 Å². The SMILES string of the molecule is COC(=O)ON1OC[C@@H]2CO[C@@H](c3cccs3)[C@@H]21. The van der Waals surface area contributed by atoms with Crippen molar-refractivity contribution in [2.75, 3.05) is 20.3 Å². The third-order valence-corrected chi connectivity index (χ3v) is 4.03. The molecule has 0 aromatic carbocycles. The van der Waals surface area contributed by atoms with Gasteiger partial charge < -0.3 is 14.3 Å². The molecule has 18 heavy (non-hydrogen) atoms. The summed E-state index contributed by atoms with van der Waals surface area (Å²) in [6.45, 7) is 1.10. The molecule has 3 heterocycles. The van der Waals surface area contributed by atoms with E-state index in [1.54, 1.807) is 11.3 Å². The molecule has 3 rings (SSSR count). The van der Waals surface area contributed by atoms with E-state index in [9.17, 15) is 4.79 Å². The Morgan fingerprint density at radius 1 is 1.56 bits per heavy atom. The van der Waals surface area contributed by atoms with Gasteiger partial charge in [-0.1, -0.05) is 6.07 Å². The molecule has 0 spiro atoms. The van der Waals surface area contributed by atoms with Crippen LogP contribution in [0.2, 0.25) is 0 Å². The largest absolute Gasteiger partial charge is 0.529 e. The van der Waals surface area contributed by atoms with Crippen LogP contribution in [-0.2, 0) is 19.1 Å². The highest BCUT2D eigenvalue weighted by Gasteiger charge is 2.50. The van der Waals surface area contributed by atoms with Gasteiger partial charge in [-0.05, 0) is 16.7 Å². The number of hydroxylamine groups is 2. The van der Waals surface area contributed by atoms with Crippen LogP contribution in [0.1, 0.15) is 11.0 Å². The second-order valence-corrected chi connectivity index (χ2v) is 5.13. The number of hydrogen-bond acceptors (Lipinski definition) is 7. The summed E-state index contributed by atoms with van der Waals surface area (Å²) in [6.07, 6.45) is -0.908. The molecule has 0 N–H and O–H groups in total. The minimum atomic E-state index is -0.785. The molecule has 2 aliphatic rings. The molecular weight excluding hydrogens is 258 g/mol. The first-order valence-corrected chi connectivity index (χ1v) is 6.50. The second-order valence-electron chi connectivity index (χ2n) is 4.15. The van der Waals surface area contributed by atoms with Crippen molar-refractivity contribution in [1.82, 2.24) is 5.23 Å². The second kappa shape index (κ2) is 4.85. The summed E-state index contributed by atoms with van der Waals surface area (Å²) in [7, 11) is 1.26. The lowest BCUT2D eigenvalue weighted by molar-refractivity contribution is -0.337. The Balaban J connectivity index is 1.76. The lowest BCUT2D eigenvalue weighted by Crippen LogP contribution is -2.35. The van der Waals surface area contributed by atoms with Gasteiger partial charge in [0.15, 0.2) is 0 Å². The topological polar surface area (TPSA) is 57.2 Å². The van der Waals surface area contributed by atoms with E-state index >= 15 is 0 Å². The quantitative estimate of drug-likeness (QED) is 0.764. The van der Waals surface area contributed by atoms with Crippen molar-refractivity contribution < 1.29 is 23.9 Å². The molecule has 2 fully saturated rings. The number of fused-ring (bicyclic) bond motifs is 1. The Kier molecular flexibility index (Phi) is 3.21. The Hall–Kier alpha value is -1.15. The number of hydrogen-bond donors (Lipinski definition) is 0. The number of thiophene rings is 1. The number of methoxy groups -OCH3 is 1. The van der Waals surface area contributed by atoms with E-state index in [1.165, 1.54) is 12.3 Å². The molecule has 3 atom stereocenters. The van der Waals surface area contributed by atoms with Gasteiger partial charge in [0.1, 0.15) is 12.1 Å². The Morgan fingerprint density at radius 3 is 3.17 bits per heavy atom. The van der Waals surface area contributed by atoms with E-state index in [0.29, 0.717) is 13.2 Å². The number of carbonyl (C=O) groups is 1. The summed E-state index contributed by atoms with van der Waals surface area (Å²) in [5.74, 6) is 0.210. The maximum absolute atomic E-state index is 11.1. The predicted octanol–water partition coefficient (Wildman–Crippen LogP) is 1.75. The van der Waals surface area contributed by atoms with Gasteiger partial charge in [0.25, 0.3) is 0 Å². The summed E-state index contributed by atoms with van der Waals surface area (Å²) >= 11 is 1.62. The van der Waals surface area contributed by atoms with Gasteiger partial charge in [0.05, 0.1) is 20.3 Å². The van der Waals surface area contributed by atoms with Gasteiger partial charge >= 0.3 is 6.16 Å². The summed E-state index contributed by atoms with van der Waals surface area (Å²) in [5.41, 5.74) is 0. The number of rotatable bonds is 2. The van der Waals surface area contributed by atoms with E-state index in [4.69, 9.17) is 14.4 Å². The fourth-order valence-corrected chi connectivity index (χ4v) is 3.07. The smallest absolute Gasteiger partial charge is 0.436 e. The summed E-state index contributed by atoms with van der Waals surface area (Å²) in [4.78, 5) is 22.6. The molecule has 1 aromatic heterocycles. The zero-order chi connectivity index (χ0) is 12.5. The Morgan fingerprint density at radius 2 is 2.44 bits per heavy atom. The molecule has 2 aliphatic heterocycles. The Labute approximate surface area is 108 Å². The van der Waals surface area contributed by atoms with Crippen molar-refractivity contribution in [2.24, 2.45) is 5.92 Å². The molecule has 0 amide bonds. The summed E-state index contributed by atoms with van der Waals surface area (Å²) in [5, 5.41) is 3.21. The highest BCUT2D eigenvalue weighted by atomic mass is 32.1. The van der Waals surface area contributed by atoms with Gasteiger partial charge in [0.2, 0.25) is 0 Å². The van der Waals surface area contributed by atoms with Crippen LogP contribution in [0.15, 0.2) is 17.5 Å². The predicted molar refractivity (Wildman–Crippen MR) is 61.6 cm³/mol. The van der Waals surface area contributed by atoms with Gasteiger partial charge in [-0.15, -0.1) is 11.3 Å². The van der Waals surface area contributed by atoms with Crippen LogP contribution in [-0.4, -0.2) is 37.7 Å². The van der Waals surface area contributed by atoms with E-state index in [0.717, 1.165) is 4.88 Å². The monoisotopic (exact) mass is 271 g/mol. The number of nitrogens with zero attached hydrogens (tertiary/aromatic N) is 1. The lowest BCUT2D eigenvalue weighted by Gasteiger charge is -2.23. The van der Waals surface area contributed by atoms with E-state index in [-0.39, 0.29) is 18.1 Å². The third kappa shape index (κ3) is 1.99. The van der Waals surface area contributed by atoms with Crippen LogP contribution >= 0.6 is 11.3 Å². The van der Waals surface area contributed by atoms with Gasteiger partial charge in [0, 0.05) is 10.8 Å². The summed E-state index contributed by atoms with van der Waals surface area (Å²) < 4.78 is 10.2. The number of ether oxygens (including phenoxy) is 2. The molecule has 0 unspecified atom stereocenters. The van der Waals surface area contributed by atoms with Crippen LogP contribution in [0.5, 0.6) is 0 Å². The van der Waals surface area contributed by atoms with Gasteiger partial charge in [-0.25, -0.2) is 4.79 Å². The van der Waals surface area contributed by atoms with Crippen molar-refractivity contribution in [1.29, 1.82) is 0 Å². The molecule has 1 aromatic rings. The van der Waals surface area contributed by atoms with Crippen LogP contribution in [0.4, 0.5) is 4.79 Å².